The number of hydrogen-bond acceptors (Lipinski definition) is 4. The molecule has 0 saturated heterocycles. The topological polar surface area (TPSA) is 60.4 Å². The van der Waals surface area contributed by atoms with Gasteiger partial charge in [0.05, 0.1) is 0 Å². The van der Waals surface area contributed by atoms with Gasteiger partial charge in [-0.25, -0.2) is 4.79 Å². The molecule has 0 spiro atoms. The molecule has 3 aromatic rings. The third-order valence-electron chi connectivity index (χ3n) is 3.95. The zero-order valence-corrected chi connectivity index (χ0v) is 14.4. The van der Waals surface area contributed by atoms with Gasteiger partial charge in [-0.15, -0.1) is 0 Å². The maximum Gasteiger partial charge on any atom is 0.335 e. The van der Waals surface area contributed by atoms with E-state index in [1.807, 2.05) is 6.07 Å². The van der Waals surface area contributed by atoms with E-state index in [1.54, 1.807) is 60.7 Å². The van der Waals surface area contributed by atoms with Crippen LogP contribution in [0.25, 0.3) is 0 Å². The van der Waals surface area contributed by atoms with Gasteiger partial charge >= 0.3 is 5.97 Å². The predicted octanol–water partition coefficient (Wildman–Crippen LogP) is 4.24. The average molecular weight is 356 g/mol. The van der Waals surface area contributed by atoms with Gasteiger partial charge in [-0.3, -0.25) is 9.59 Å². The first kappa shape index (κ1) is 18.0. The van der Waals surface area contributed by atoms with Gasteiger partial charge in [0.2, 0.25) is 0 Å². The van der Waals surface area contributed by atoms with E-state index in [-0.39, 0.29) is 11.6 Å². The van der Waals surface area contributed by atoms with Crippen molar-refractivity contribution in [1.29, 1.82) is 0 Å². The summed E-state index contributed by atoms with van der Waals surface area (Å²) in [5, 5.41) is 0. The van der Waals surface area contributed by atoms with Crippen molar-refractivity contribution in [2.75, 3.05) is 0 Å². The zero-order chi connectivity index (χ0) is 19.2. The van der Waals surface area contributed by atoms with E-state index < -0.39 is 5.97 Å². The van der Waals surface area contributed by atoms with E-state index in [4.69, 9.17) is 4.74 Å². The highest BCUT2D eigenvalue weighted by atomic mass is 16.5. The Balaban J connectivity index is 1.91. The van der Waals surface area contributed by atoms with Crippen LogP contribution in [0, 0.1) is 0 Å². The lowest BCUT2D eigenvalue weighted by Crippen LogP contribution is -2.11. The number of rotatable bonds is 6. The lowest BCUT2D eigenvalue weighted by Gasteiger charge is -2.09. The molecule has 4 nitrogen and oxygen atoms in total. The van der Waals surface area contributed by atoms with Crippen molar-refractivity contribution >= 4 is 17.5 Å². The summed E-state index contributed by atoms with van der Waals surface area (Å²) in [7, 11) is 0. The fourth-order valence-electron chi connectivity index (χ4n) is 2.61. The summed E-state index contributed by atoms with van der Waals surface area (Å²) in [5.74, 6) is -0.759. The molecule has 0 aliphatic rings. The predicted molar refractivity (Wildman–Crippen MR) is 102 cm³/mol. The number of carbonyl (C=O) groups excluding carboxylic acids is 3. The lowest BCUT2D eigenvalue weighted by molar-refractivity contribution is -0.128. The minimum Gasteiger partial charge on any atom is -0.423 e. The Morgan fingerprint density at radius 2 is 1.15 bits per heavy atom. The Labute approximate surface area is 156 Å². The molecule has 0 atom stereocenters. The van der Waals surface area contributed by atoms with E-state index >= 15 is 0 Å². The van der Waals surface area contributed by atoms with Crippen LogP contribution >= 0.6 is 0 Å². The summed E-state index contributed by atoms with van der Waals surface area (Å²) >= 11 is 0. The molecule has 0 N–H and O–H groups in total. The van der Waals surface area contributed by atoms with E-state index in [1.165, 1.54) is 12.1 Å². The molecule has 0 saturated carbocycles. The number of carbonyl (C=O) groups is 3. The summed E-state index contributed by atoms with van der Waals surface area (Å²) in [6.45, 7) is 3.33. The normalized spacial score (nSPS) is 10.1. The summed E-state index contributed by atoms with van der Waals surface area (Å²) in [5.41, 5.74) is 1.57. The van der Waals surface area contributed by atoms with Gasteiger partial charge in [0, 0.05) is 28.3 Å². The molecule has 0 aromatic heterocycles. The molecule has 0 aliphatic carbocycles. The van der Waals surface area contributed by atoms with Crippen LogP contribution in [-0.4, -0.2) is 17.5 Å². The monoisotopic (exact) mass is 356 g/mol. The van der Waals surface area contributed by atoms with Gasteiger partial charge in [-0.2, -0.15) is 0 Å². The molecule has 0 fully saturated rings. The average Bonchev–Trinajstić information content (AvgIpc) is 2.73. The maximum atomic E-state index is 12.9. The first-order valence-electron chi connectivity index (χ1n) is 8.28. The summed E-state index contributed by atoms with van der Waals surface area (Å²) in [6, 6.07) is 21.7. The van der Waals surface area contributed by atoms with E-state index in [0.717, 1.165) is 6.08 Å². The number of esters is 1. The van der Waals surface area contributed by atoms with Crippen molar-refractivity contribution in [3.8, 4) is 5.75 Å². The van der Waals surface area contributed by atoms with Gasteiger partial charge in [-0.1, -0.05) is 61.2 Å². The smallest absolute Gasteiger partial charge is 0.335 e. The molecule has 3 rings (SSSR count). The second kappa shape index (κ2) is 8.06. The largest absolute Gasteiger partial charge is 0.423 e. The number of benzene rings is 3. The molecular weight excluding hydrogens is 340 g/mol. The van der Waals surface area contributed by atoms with Crippen molar-refractivity contribution in [2.45, 2.75) is 0 Å². The van der Waals surface area contributed by atoms with Gasteiger partial charge in [-0.05, 0) is 24.3 Å². The minimum absolute atomic E-state index is 0.212. The summed E-state index contributed by atoms with van der Waals surface area (Å²) in [4.78, 5) is 36.9. The quantitative estimate of drug-likeness (QED) is 0.287. The molecule has 0 unspecified atom stereocenters. The van der Waals surface area contributed by atoms with Crippen LogP contribution in [0.3, 0.4) is 0 Å². The SMILES string of the molecule is C=CC(=O)Oc1ccc(C(=O)c2ccccc2C(=O)c2ccccc2)cc1. The Morgan fingerprint density at radius 1 is 0.667 bits per heavy atom. The fourth-order valence-corrected chi connectivity index (χ4v) is 2.61. The van der Waals surface area contributed by atoms with Gasteiger partial charge in [0.15, 0.2) is 11.6 Å². The molecule has 0 bridgehead atoms. The van der Waals surface area contributed by atoms with Crippen molar-refractivity contribution in [3.05, 3.63) is 114 Å². The molecule has 0 radical (unpaired) electrons. The van der Waals surface area contributed by atoms with Gasteiger partial charge < -0.3 is 4.74 Å². The van der Waals surface area contributed by atoms with Crippen LogP contribution in [0.2, 0.25) is 0 Å². The number of ketones is 2. The van der Waals surface area contributed by atoms with Crippen LogP contribution in [0.1, 0.15) is 31.8 Å². The van der Waals surface area contributed by atoms with E-state index in [2.05, 4.69) is 6.58 Å². The van der Waals surface area contributed by atoms with Crippen LogP contribution in [0.5, 0.6) is 5.75 Å². The molecule has 0 amide bonds. The Kier molecular flexibility index (Phi) is 5.38. The van der Waals surface area contributed by atoms with Crippen LogP contribution in [0.15, 0.2) is 91.5 Å². The molecule has 3 aromatic carbocycles. The lowest BCUT2D eigenvalue weighted by atomic mass is 9.93. The number of hydrogen-bond donors (Lipinski definition) is 0. The highest BCUT2D eigenvalue weighted by molar-refractivity contribution is 6.19. The Hall–Kier alpha value is -3.79. The van der Waals surface area contributed by atoms with Crippen molar-refractivity contribution < 1.29 is 19.1 Å². The van der Waals surface area contributed by atoms with E-state index in [9.17, 15) is 14.4 Å². The molecular formula is C23H16O4. The first-order valence-corrected chi connectivity index (χ1v) is 8.28. The van der Waals surface area contributed by atoms with Crippen molar-refractivity contribution in [3.63, 3.8) is 0 Å². The third kappa shape index (κ3) is 4.07. The zero-order valence-electron chi connectivity index (χ0n) is 14.4. The summed E-state index contributed by atoms with van der Waals surface area (Å²) < 4.78 is 5.00. The van der Waals surface area contributed by atoms with Gasteiger partial charge in [0.25, 0.3) is 0 Å². The number of ether oxygens (including phenoxy) is 1. The van der Waals surface area contributed by atoms with E-state index in [0.29, 0.717) is 28.0 Å². The first-order chi connectivity index (χ1) is 13.1. The third-order valence-corrected chi connectivity index (χ3v) is 3.95. The maximum absolute atomic E-state index is 12.9. The Bertz CT molecular complexity index is 1000. The fraction of sp³-hybridized carbons (Fsp3) is 0. The van der Waals surface area contributed by atoms with Gasteiger partial charge in [0.1, 0.15) is 5.75 Å². The standard InChI is InChI=1S/C23H16O4/c1-2-21(24)27-18-14-12-17(13-15-18)23(26)20-11-7-6-10-19(20)22(25)16-8-4-3-5-9-16/h2-15H,1H2. The molecule has 0 aliphatic heterocycles. The molecule has 4 heteroatoms. The van der Waals surface area contributed by atoms with Crippen LogP contribution in [-0.2, 0) is 4.79 Å². The minimum atomic E-state index is -0.576. The van der Waals surface area contributed by atoms with Crippen LogP contribution < -0.4 is 4.74 Å². The Morgan fingerprint density at radius 3 is 1.67 bits per heavy atom. The highest BCUT2D eigenvalue weighted by Crippen LogP contribution is 2.20. The molecule has 132 valence electrons. The second-order valence-electron chi connectivity index (χ2n) is 5.72. The highest BCUT2D eigenvalue weighted by Gasteiger charge is 2.19. The molecule has 0 heterocycles. The van der Waals surface area contributed by atoms with Crippen molar-refractivity contribution in [1.82, 2.24) is 0 Å². The second-order valence-corrected chi connectivity index (χ2v) is 5.72. The molecule has 27 heavy (non-hydrogen) atoms. The van der Waals surface area contributed by atoms with Crippen LogP contribution in [0.4, 0.5) is 0 Å². The summed E-state index contributed by atoms with van der Waals surface area (Å²) in [6.07, 6.45) is 1.06. The van der Waals surface area contributed by atoms with Crippen molar-refractivity contribution in [2.24, 2.45) is 0 Å².